The Labute approximate surface area is 74.9 Å². The molecule has 0 bridgehead atoms. The molecule has 2 nitrogen and oxygen atoms in total. The summed E-state index contributed by atoms with van der Waals surface area (Å²) in [6.45, 7) is 8.27. The lowest BCUT2D eigenvalue weighted by atomic mass is 9.80. The van der Waals surface area contributed by atoms with E-state index in [1.54, 1.807) is 0 Å². The monoisotopic (exact) mass is 168 g/mol. The number of ketones is 1. The maximum atomic E-state index is 11.4. The SMILES string of the molecule is [CH2]N1C(C)(C)CC(=O)CC1(C)C. The zero-order valence-corrected chi connectivity index (χ0v) is 8.48. The molecule has 1 rings (SSSR count). The molecule has 1 saturated heterocycles. The minimum atomic E-state index is -0.0845. The van der Waals surface area contributed by atoms with E-state index in [-0.39, 0.29) is 11.1 Å². The Balaban J connectivity index is 2.91. The molecule has 1 fully saturated rings. The Kier molecular flexibility index (Phi) is 2.07. The highest BCUT2D eigenvalue weighted by atomic mass is 16.1. The lowest BCUT2D eigenvalue weighted by molar-refractivity contribution is -0.130. The van der Waals surface area contributed by atoms with Gasteiger partial charge in [0.25, 0.3) is 0 Å². The van der Waals surface area contributed by atoms with E-state index in [1.807, 2.05) is 0 Å². The number of hydrogen-bond donors (Lipinski definition) is 0. The van der Waals surface area contributed by atoms with Gasteiger partial charge in [0.1, 0.15) is 5.78 Å². The van der Waals surface area contributed by atoms with Crippen molar-refractivity contribution in [2.45, 2.75) is 51.6 Å². The van der Waals surface area contributed by atoms with E-state index in [0.29, 0.717) is 18.6 Å². The van der Waals surface area contributed by atoms with Crippen LogP contribution in [0.15, 0.2) is 0 Å². The fourth-order valence-electron chi connectivity index (χ4n) is 2.04. The summed E-state index contributed by atoms with van der Waals surface area (Å²) < 4.78 is 0. The Morgan fingerprint density at radius 2 is 1.50 bits per heavy atom. The molecule has 0 aliphatic carbocycles. The van der Waals surface area contributed by atoms with Crippen molar-refractivity contribution < 1.29 is 4.79 Å². The highest BCUT2D eigenvalue weighted by Gasteiger charge is 2.42. The molecular formula is C10H18NO. The number of carbonyl (C=O) groups is 1. The third-order valence-electron chi connectivity index (χ3n) is 2.72. The van der Waals surface area contributed by atoms with Gasteiger partial charge in [0.2, 0.25) is 0 Å². The maximum absolute atomic E-state index is 11.4. The van der Waals surface area contributed by atoms with Crippen LogP contribution in [0.25, 0.3) is 0 Å². The van der Waals surface area contributed by atoms with Crippen LogP contribution in [0.2, 0.25) is 0 Å². The van der Waals surface area contributed by atoms with Gasteiger partial charge in [0, 0.05) is 31.0 Å². The standard InChI is InChI=1S/C10H18NO/c1-9(2)6-8(12)7-10(3,4)11(9)5/h5-7H2,1-4H3. The number of hydrogen-bond acceptors (Lipinski definition) is 2. The van der Waals surface area contributed by atoms with E-state index < -0.39 is 0 Å². The highest BCUT2D eigenvalue weighted by Crippen LogP contribution is 2.35. The molecule has 69 valence electrons. The average molecular weight is 168 g/mol. The van der Waals surface area contributed by atoms with Crippen molar-refractivity contribution in [3.8, 4) is 0 Å². The zero-order valence-electron chi connectivity index (χ0n) is 8.48. The van der Waals surface area contributed by atoms with Crippen molar-refractivity contribution in [2.24, 2.45) is 0 Å². The van der Waals surface area contributed by atoms with E-state index in [0.717, 1.165) is 0 Å². The predicted octanol–water partition coefficient (Wildman–Crippen LogP) is 2.00. The predicted molar refractivity (Wildman–Crippen MR) is 49.6 cm³/mol. The van der Waals surface area contributed by atoms with Crippen molar-refractivity contribution in [1.29, 1.82) is 0 Å². The minimum absolute atomic E-state index is 0.0845. The van der Waals surface area contributed by atoms with Gasteiger partial charge in [0.15, 0.2) is 0 Å². The third kappa shape index (κ3) is 1.53. The number of rotatable bonds is 0. The highest BCUT2D eigenvalue weighted by molar-refractivity contribution is 5.81. The van der Waals surface area contributed by atoms with Crippen molar-refractivity contribution in [1.82, 2.24) is 4.90 Å². The molecule has 0 saturated carbocycles. The van der Waals surface area contributed by atoms with Crippen LogP contribution >= 0.6 is 0 Å². The number of likely N-dealkylation sites (tertiary alicyclic amines) is 1. The molecule has 12 heavy (non-hydrogen) atoms. The molecular weight excluding hydrogens is 150 g/mol. The van der Waals surface area contributed by atoms with Crippen LogP contribution in [0.4, 0.5) is 0 Å². The quantitative estimate of drug-likeness (QED) is 0.551. The van der Waals surface area contributed by atoms with Crippen LogP contribution in [0, 0.1) is 7.05 Å². The molecule has 0 amide bonds. The van der Waals surface area contributed by atoms with Crippen molar-refractivity contribution in [3.63, 3.8) is 0 Å². The fraction of sp³-hybridized carbons (Fsp3) is 0.800. The van der Waals surface area contributed by atoms with Crippen molar-refractivity contribution in [3.05, 3.63) is 7.05 Å². The Hall–Kier alpha value is -0.370. The molecule has 0 unspecified atom stereocenters. The summed E-state index contributed by atoms with van der Waals surface area (Å²) in [5.41, 5.74) is -0.169. The first kappa shape index (κ1) is 9.72. The average Bonchev–Trinajstić information content (AvgIpc) is 1.80. The summed E-state index contributed by atoms with van der Waals surface area (Å²) in [5.74, 6) is 0.352. The lowest BCUT2D eigenvalue weighted by Gasteiger charge is -2.49. The fourth-order valence-corrected chi connectivity index (χ4v) is 2.04. The summed E-state index contributed by atoms with van der Waals surface area (Å²) in [4.78, 5) is 13.4. The van der Waals surface area contributed by atoms with Gasteiger partial charge in [-0.3, -0.25) is 9.69 Å². The number of Topliss-reactive ketones (excluding diaryl/α,β-unsaturated/α-hetero) is 1. The van der Waals surface area contributed by atoms with Crippen molar-refractivity contribution >= 4 is 5.78 Å². The van der Waals surface area contributed by atoms with E-state index in [9.17, 15) is 4.79 Å². The van der Waals surface area contributed by atoms with Crippen molar-refractivity contribution in [2.75, 3.05) is 0 Å². The molecule has 1 aliphatic heterocycles. The smallest absolute Gasteiger partial charge is 0.136 e. The Bertz CT molecular complexity index is 186. The number of nitrogens with zero attached hydrogens (tertiary/aromatic N) is 1. The topological polar surface area (TPSA) is 20.3 Å². The lowest BCUT2D eigenvalue weighted by Crippen LogP contribution is -2.57. The van der Waals surface area contributed by atoms with Crippen LogP contribution in [0.5, 0.6) is 0 Å². The molecule has 0 spiro atoms. The first-order chi connectivity index (χ1) is 5.26. The van der Waals surface area contributed by atoms with E-state index in [2.05, 4.69) is 39.6 Å². The van der Waals surface area contributed by atoms with Gasteiger partial charge in [-0.2, -0.15) is 0 Å². The van der Waals surface area contributed by atoms with E-state index in [4.69, 9.17) is 0 Å². The van der Waals surface area contributed by atoms with E-state index in [1.165, 1.54) is 0 Å². The van der Waals surface area contributed by atoms with Gasteiger partial charge in [-0.1, -0.05) is 0 Å². The maximum Gasteiger partial charge on any atom is 0.136 e. The summed E-state index contributed by atoms with van der Waals surface area (Å²) in [6.07, 6.45) is 1.25. The zero-order chi connectivity index (χ0) is 9.57. The molecule has 1 aliphatic rings. The van der Waals surface area contributed by atoms with Crippen LogP contribution in [-0.2, 0) is 4.79 Å². The number of piperidine rings is 1. The van der Waals surface area contributed by atoms with Crippen LogP contribution in [0.1, 0.15) is 40.5 Å². The Morgan fingerprint density at radius 3 is 1.83 bits per heavy atom. The molecule has 1 heterocycles. The molecule has 2 heteroatoms. The van der Waals surface area contributed by atoms with E-state index >= 15 is 0 Å². The van der Waals surface area contributed by atoms with Crippen LogP contribution in [0.3, 0.4) is 0 Å². The van der Waals surface area contributed by atoms with Gasteiger partial charge < -0.3 is 0 Å². The molecule has 0 aromatic heterocycles. The van der Waals surface area contributed by atoms with Gasteiger partial charge in [-0.25, -0.2) is 0 Å². The summed E-state index contributed by atoms with van der Waals surface area (Å²) in [6, 6.07) is 0. The minimum Gasteiger partial charge on any atom is -0.300 e. The van der Waals surface area contributed by atoms with Gasteiger partial charge in [0.05, 0.1) is 0 Å². The molecule has 0 aromatic carbocycles. The second-order valence-corrected chi connectivity index (χ2v) is 4.95. The second-order valence-electron chi connectivity index (χ2n) is 4.95. The normalized spacial score (nSPS) is 28.9. The third-order valence-corrected chi connectivity index (χ3v) is 2.72. The molecule has 1 radical (unpaired) electrons. The first-order valence-electron chi connectivity index (χ1n) is 4.38. The van der Waals surface area contributed by atoms with Gasteiger partial charge in [-0.05, 0) is 27.7 Å². The summed E-state index contributed by atoms with van der Waals surface area (Å²) in [5, 5.41) is 0. The van der Waals surface area contributed by atoms with Crippen LogP contribution < -0.4 is 0 Å². The van der Waals surface area contributed by atoms with Gasteiger partial charge in [-0.15, -0.1) is 0 Å². The summed E-state index contributed by atoms with van der Waals surface area (Å²) in [7, 11) is 4.02. The molecule has 0 aromatic rings. The Morgan fingerprint density at radius 1 is 1.17 bits per heavy atom. The van der Waals surface area contributed by atoms with Crippen LogP contribution in [-0.4, -0.2) is 21.8 Å². The molecule has 0 N–H and O–H groups in total. The summed E-state index contributed by atoms with van der Waals surface area (Å²) >= 11 is 0. The number of carbonyl (C=O) groups excluding carboxylic acids is 1. The second kappa shape index (κ2) is 2.56. The molecule has 0 atom stereocenters. The van der Waals surface area contributed by atoms with Gasteiger partial charge >= 0.3 is 0 Å². The first-order valence-corrected chi connectivity index (χ1v) is 4.38. The largest absolute Gasteiger partial charge is 0.300 e.